The number of amides is 1. The van der Waals surface area contributed by atoms with E-state index in [4.69, 9.17) is 16.6 Å². The summed E-state index contributed by atoms with van der Waals surface area (Å²) in [5, 5.41) is 6.36. The number of benzene rings is 2. The molecule has 9 heteroatoms. The number of rotatable bonds is 7. The molecule has 182 valence electrons. The van der Waals surface area contributed by atoms with Crippen molar-refractivity contribution in [2.75, 3.05) is 11.9 Å². The number of anilines is 1. The Morgan fingerprint density at radius 1 is 1.03 bits per heavy atom. The van der Waals surface area contributed by atoms with Crippen LogP contribution in [0.25, 0.3) is 11.3 Å². The highest BCUT2D eigenvalue weighted by atomic mass is 32.1. The van der Waals surface area contributed by atoms with Crippen molar-refractivity contribution in [3.8, 4) is 11.3 Å². The number of para-hydroxylation sites is 1. The third-order valence-corrected chi connectivity index (χ3v) is 6.32. The van der Waals surface area contributed by atoms with Crippen molar-refractivity contribution in [3.05, 3.63) is 108 Å². The summed E-state index contributed by atoms with van der Waals surface area (Å²) in [5.41, 5.74) is 1.63. The Morgan fingerprint density at radius 2 is 1.81 bits per heavy atom. The highest BCUT2D eigenvalue weighted by Crippen LogP contribution is 2.40. The molecule has 4 aromatic rings. The maximum atomic E-state index is 13.9. The number of thiocarbonyl (C=S) groups is 1. The number of hydrogen-bond acceptors (Lipinski definition) is 4. The lowest BCUT2D eigenvalue weighted by atomic mass is 10.0. The Kier molecular flexibility index (Phi) is 6.73. The first-order valence-corrected chi connectivity index (χ1v) is 11.8. The molecule has 2 N–H and O–H groups in total. The summed E-state index contributed by atoms with van der Waals surface area (Å²) in [6.45, 7) is 0.271. The van der Waals surface area contributed by atoms with Gasteiger partial charge in [0.1, 0.15) is 29.2 Å². The number of carbonyl (C=O) groups is 1. The van der Waals surface area contributed by atoms with Crippen molar-refractivity contribution in [3.63, 3.8) is 0 Å². The van der Waals surface area contributed by atoms with E-state index in [0.29, 0.717) is 16.6 Å². The van der Waals surface area contributed by atoms with E-state index in [1.54, 1.807) is 30.5 Å². The quantitative estimate of drug-likeness (QED) is 0.319. The number of halogens is 2. The topological polar surface area (TPSA) is 70.4 Å². The first-order valence-electron chi connectivity index (χ1n) is 11.4. The van der Waals surface area contributed by atoms with Crippen LogP contribution in [-0.2, 0) is 4.79 Å². The minimum Gasteiger partial charge on any atom is -0.459 e. The molecule has 1 amide bonds. The van der Waals surface area contributed by atoms with Crippen LogP contribution in [-0.4, -0.2) is 27.4 Å². The average molecular weight is 505 g/mol. The van der Waals surface area contributed by atoms with Gasteiger partial charge in [0, 0.05) is 24.7 Å². The van der Waals surface area contributed by atoms with Crippen molar-refractivity contribution in [1.29, 1.82) is 0 Å². The molecule has 0 spiro atoms. The van der Waals surface area contributed by atoms with Crippen molar-refractivity contribution in [2.45, 2.75) is 18.5 Å². The number of furan rings is 1. The molecule has 36 heavy (non-hydrogen) atoms. The lowest BCUT2D eigenvalue weighted by molar-refractivity contribution is -0.116. The maximum Gasteiger partial charge on any atom is 0.226 e. The molecule has 0 bridgehead atoms. The van der Waals surface area contributed by atoms with Gasteiger partial charge < -0.3 is 20.0 Å². The molecule has 0 aliphatic carbocycles. The second kappa shape index (κ2) is 10.2. The van der Waals surface area contributed by atoms with Crippen LogP contribution < -0.4 is 10.6 Å². The fourth-order valence-electron chi connectivity index (χ4n) is 4.23. The highest BCUT2D eigenvalue weighted by molar-refractivity contribution is 7.80. The molecule has 2 atom stereocenters. The zero-order valence-corrected chi connectivity index (χ0v) is 19.8. The van der Waals surface area contributed by atoms with Gasteiger partial charge in [-0.05, 0) is 72.9 Å². The van der Waals surface area contributed by atoms with Crippen molar-refractivity contribution >= 4 is 28.9 Å². The monoisotopic (exact) mass is 504 g/mol. The number of hydrogen-bond donors (Lipinski definition) is 2. The fourth-order valence-corrected chi connectivity index (χ4v) is 4.57. The molecule has 1 saturated heterocycles. The van der Waals surface area contributed by atoms with Gasteiger partial charge in [0.25, 0.3) is 0 Å². The molecular formula is C27H22F2N4O2S. The average Bonchev–Trinajstić information content (AvgIpc) is 3.50. The van der Waals surface area contributed by atoms with Gasteiger partial charge in [0.2, 0.25) is 5.91 Å². The SMILES string of the molecule is O=C(CCN1C(=S)N[C@H](c2ccccn2)[C@H]1c1ccc(-c2ccc(F)cc2)o1)Nc1ccccc1F. The normalized spacial score (nSPS) is 17.2. The van der Waals surface area contributed by atoms with Crippen molar-refractivity contribution < 1.29 is 18.0 Å². The van der Waals surface area contributed by atoms with Crippen molar-refractivity contribution in [2.24, 2.45) is 0 Å². The van der Waals surface area contributed by atoms with Gasteiger partial charge in [-0.1, -0.05) is 18.2 Å². The first kappa shape index (κ1) is 23.6. The van der Waals surface area contributed by atoms with Crippen LogP contribution in [0.2, 0.25) is 0 Å². The van der Waals surface area contributed by atoms with Crippen LogP contribution in [0.5, 0.6) is 0 Å². The van der Waals surface area contributed by atoms with Crippen LogP contribution in [0.1, 0.15) is 30.0 Å². The van der Waals surface area contributed by atoms with Crippen LogP contribution in [0, 0.1) is 11.6 Å². The largest absolute Gasteiger partial charge is 0.459 e. The lowest BCUT2D eigenvalue weighted by Crippen LogP contribution is -2.32. The van der Waals surface area contributed by atoms with Crippen LogP contribution in [0.3, 0.4) is 0 Å². The minimum atomic E-state index is -0.499. The van der Waals surface area contributed by atoms with Gasteiger partial charge in [-0.15, -0.1) is 0 Å². The predicted molar refractivity (Wildman–Crippen MR) is 136 cm³/mol. The van der Waals surface area contributed by atoms with Gasteiger partial charge in [0.15, 0.2) is 5.11 Å². The van der Waals surface area contributed by atoms with E-state index in [-0.39, 0.29) is 42.5 Å². The van der Waals surface area contributed by atoms with Crippen LogP contribution >= 0.6 is 12.2 Å². The number of nitrogens with zero attached hydrogens (tertiary/aromatic N) is 2. The zero-order valence-electron chi connectivity index (χ0n) is 19.0. The smallest absolute Gasteiger partial charge is 0.226 e. The molecular weight excluding hydrogens is 482 g/mol. The molecule has 1 aliphatic rings. The summed E-state index contributed by atoms with van der Waals surface area (Å²) in [4.78, 5) is 19.0. The second-order valence-electron chi connectivity index (χ2n) is 8.31. The summed E-state index contributed by atoms with van der Waals surface area (Å²) in [7, 11) is 0. The Bertz CT molecular complexity index is 1380. The van der Waals surface area contributed by atoms with E-state index in [2.05, 4.69) is 15.6 Å². The summed E-state index contributed by atoms with van der Waals surface area (Å²) in [6, 6.07) is 20.6. The molecule has 3 heterocycles. The molecule has 2 aromatic heterocycles. The molecule has 0 saturated carbocycles. The Morgan fingerprint density at radius 3 is 2.56 bits per heavy atom. The maximum absolute atomic E-state index is 13.9. The van der Waals surface area contributed by atoms with Gasteiger partial charge in [0.05, 0.1) is 17.4 Å². The van der Waals surface area contributed by atoms with E-state index < -0.39 is 5.82 Å². The van der Waals surface area contributed by atoms with E-state index in [1.807, 2.05) is 35.2 Å². The predicted octanol–water partition coefficient (Wildman–Crippen LogP) is 5.62. The lowest BCUT2D eigenvalue weighted by Gasteiger charge is -2.25. The van der Waals surface area contributed by atoms with Gasteiger partial charge in [-0.3, -0.25) is 9.78 Å². The van der Waals surface area contributed by atoms with E-state index in [1.165, 1.54) is 24.3 Å². The molecule has 1 fully saturated rings. The van der Waals surface area contributed by atoms with Gasteiger partial charge in [-0.25, -0.2) is 8.78 Å². The van der Waals surface area contributed by atoms with E-state index >= 15 is 0 Å². The summed E-state index contributed by atoms with van der Waals surface area (Å²) in [5.74, 6) is 0.0354. The van der Waals surface area contributed by atoms with Gasteiger partial charge in [-0.2, -0.15) is 0 Å². The first-order chi connectivity index (χ1) is 17.5. The zero-order chi connectivity index (χ0) is 25.1. The van der Waals surface area contributed by atoms with Crippen LogP contribution in [0.4, 0.5) is 14.5 Å². The standard InChI is InChI=1S/C27H22F2N4O2S/c28-18-10-8-17(9-11-18)22-12-13-23(35-22)26-25(21-7-3-4-15-30-21)32-27(36)33(26)16-14-24(34)31-20-6-2-1-5-19(20)29/h1-13,15,25-26H,14,16H2,(H,31,34)(H,32,36)/t25-,26-/m1/s1. The van der Waals surface area contributed by atoms with Crippen molar-refractivity contribution in [1.82, 2.24) is 15.2 Å². The Hall–Kier alpha value is -4.11. The minimum absolute atomic E-state index is 0.0765. The molecule has 1 aliphatic heterocycles. The van der Waals surface area contributed by atoms with E-state index in [9.17, 15) is 13.6 Å². The fraction of sp³-hybridized carbons (Fsp3) is 0.148. The van der Waals surface area contributed by atoms with E-state index in [0.717, 1.165) is 11.3 Å². The summed E-state index contributed by atoms with van der Waals surface area (Å²) >= 11 is 5.62. The number of nitrogens with one attached hydrogen (secondary N) is 2. The van der Waals surface area contributed by atoms with Gasteiger partial charge >= 0.3 is 0 Å². The third-order valence-electron chi connectivity index (χ3n) is 5.97. The molecule has 5 rings (SSSR count). The van der Waals surface area contributed by atoms with Crippen LogP contribution in [0.15, 0.2) is 89.5 Å². The summed E-state index contributed by atoms with van der Waals surface area (Å²) < 4.78 is 33.5. The molecule has 0 radical (unpaired) electrons. The number of carbonyl (C=O) groups excluding carboxylic acids is 1. The second-order valence-corrected chi connectivity index (χ2v) is 8.69. The Labute approximate surface area is 212 Å². The number of aromatic nitrogens is 1. The third kappa shape index (κ3) is 4.96. The Balaban J connectivity index is 1.40. The molecule has 6 nitrogen and oxygen atoms in total. The summed E-state index contributed by atoms with van der Waals surface area (Å²) in [6.07, 6.45) is 1.78. The number of pyridine rings is 1. The molecule has 2 aromatic carbocycles. The highest BCUT2D eigenvalue weighted by Gasteiger charge is 2.41. The molecule has 0 unspecified atom stereocenters.